The molecular weight excluding hydrogens is 418 g/mol. The topological polar surface area (TPSA) is 92.6 Å². The van der Waals surface area contributed by atoms with Gasteiger partial charge in [0.1, 0.15) is 0 Å². The van der Waals surface area contributed by atoms with E-state index in [2.05, 4.69) is 5.43 Å². The number of hydrazine groups is 1. The molecule has 33 heavy (non-hydrogen) atoms. The van der Waals surface area contributed by atoms with Crippen molar-refractivity contribution in [1.29, 1.82) is 0 Å². The minimum Gasteiger partial charge on any atom is -0.289 e. The molecule has 3 aromatic rings. The molecular formula is C26H21N3O4. The third kappa shape index (κ3) is 3.67. The molecule has 5 rings (SSSR count). The van der Waals surface area contributed by atoms with Crippen LogP contribution in [0.4, 0.5) is 11.4 Å². The Morgan fingerprint density at radius 1 is 0.697 bits per heavy atom. The Labute approximate surface area is 190 Å². The van der Waals surface area contributed by atoms with Gasteiger partial charge in [0.25, 0.3) is 17.5 Å². The fourth-order valence-corrected chi connectivity index (χ4v) is 4.83. The predicted octanol–water partition coefficient (Wildman–Crippen LogP) is 4.66. The van der Waals surface area contributed by atoms with Gasteiger partial charge in [-0.05, 0) is 23.3 Å². The number of benzene rings is 3. The molecule has 0 saturated carbocycles. The monoisotopic (exact) mass is 439 g/mol. The van der Waals surface area contributed by atoms with Gasteiger partial charge >= 0.3 is 0 Å². The molecule has 0 bridgehead atoms. The fourth-order valence-electron chi connectivity index (χ4n) is 4.83. The number of non-ortho nitro benzene ring substituents is 1. The highest BCUT2D eigenvalue weighted by Gasteiger charge is 2.55. The maximum absolute atomic E-state index is 13.6. The van der Waals surface area contributed by atoms with Crippen molar-refractivity contribution in [3.63, 3.8) is 0 Å². The van der Waals surface area contributed by atoms with Gasteiger partial charge in [-0.2, -0.15) is 5.01 Å². The van der Waals surface area contributed by atoms with Gasteiger partial charge in [-0.1, -0.05) is 72.8 Å². The number of carbonyl (C=O) groups excluding carboxylic acids is 2. The first-order valence-corrected chi connectivity index (χ1v) is 10.7. The van der Waals surface area contributed by atoms with Crippen LogP contribution in [0.25, 0.3) is 0 Å². The lowest BCUT2D eigenvalue weighted by Gasteiger charge is -2.32. The second kappa shape index (κ2) is 8.35. The summed E-state index contributed by atoms with van der Waals surface area (Å²) in [5.41, 5.74) is 5.22. The summed E-state index contributed by atoms with van der Waals surface area (Å²) >= 11 is 0. The number of amides is 2. The van der Waals surface area contributed by atoms with E-state index in [4.69, 9.17) is 0 Å². The molecule has 1 saturated heterocycles. The number of carbonyl (C=O) groups is 2. The zero-order valence-electron chi connectivity index (χ0n) is 17.6. The van der Waals surface area contributed by atoms with E-state index in [0.29, 0.717) is 5.69 Å². The minimum absolute atomic E-state index is 0.0641. The molecule has 0 radical (unpaired) electrons. The lowest BCUT2D eigenvalue weighted by molar-refractivity contribution is -0.384. The number of hydrogen-bond acceptors (Lipinski definition) is 5. The number of nitro groups is 1. The van der Waals surface area contributed by atoms with Crippen molar-refractivity contribution in [1.82, 2.24) is 5.01 Å². The summed E-state index contributed by atoms with van der Waals surface area (Å²) in [6, 6.07) is 25.1. The van der Waals surface area contributed by atoms with Crippen molar-refractivity contribution in [3.05, 3.63) is 118 Å². The summed E-state index contributed by atoms with van der Waals surface area (Å²) in [7, 11) is 0. The molecule has 0 unspecified atom stereocenters. The van der Waals surface area contributed by atoms with Crippen LogP contribution < -0.4 is 5.43 Å². The summed E-state index contributed by atoms with van der Waals surface area (Å²) in [6.07, 6.45) is 4.07. The van der Waals surface area contributed by atoms with Crippen molar-refractivity contribution < 1.29 is 14.5 Å². The van der Waals surface area contributed by atoms with Crippen LogP contribution in [0, 0.1) is 22.0 Å². The molecule has 7 heteroatoms. The molecule has 3 aromatic carbocycles. The van der Waals surface area contributed by atoms with Crippen LogP contribution in [0.15, 0.2) is 97.1 Å². The number of anilines is 1. The first-order valence-electron chi connectivity index (χ1n) is 10.7. The Morgan fingerprint density at radius 2 is 1.15 bits per heavy atom. The second-order valence-electron chi connectivity index (χ2n) is 8.24. The van der Waals surface area contributed by atoms with E-state index in [-0.39, 0.29) is 29.3 Å². The molecule has 0 spiro atoms. The van der Waals surface area contributed by atoms with Crippen LogP contribution in [0.5, 0.6) is 0 Å². The normalized spacial score (nSPS) is 23.9. The van der Waals surface area contributed by atoms with Crippen molar-refractivity contribution in [2.45, 2.75) is 11.8 Å². The summed E-state index contributed by atoms with van der Waals surface area (Å²) in [4.78, 5) is 37.6. The highest BCUT2D eigenvalue weighted by molar-refractivity contribution is 6.07. The van der Waals surface area contributed by atoms with Gasteiger partial charge in [0.05, 0.1) is 22.4 Å². The molecule has 1 aliphatic heterocycles. The molecule has 1 aliphatic carbocycles. The molecule has 1 heterocycles. The number of nitrogens with one attached hydrogen (secondary N) is 1. The van der Waals surface area contributed by atoms with Crippen LogP contribution in [0.2, 0.25) is 0 Å². The molecule has 2 aliphatic rings. The third-order valence-corrected chi connectivity index (χ3v) is 6.39. The molecule has 4 atom stereocenters. The second-order valence-corrected chi connectivity index (χ2v) is 8.24. The van der Waals surface area contributed by atoms with Crippen LogP contribution in [-0.4, -0.2) is 21.7 Å². The number of fused-ring (bicyclic) bond motifs is 1. The summed E-state index contributed by atoms with van der Waals surface area (Å²) < 4.78 is 0. The highest BCUT2D eigenvalue weighted by atomic mass is 16.6. The maximum Gasteiger partial charge on any atom is 0.269 e. The van der Waals surface area contributed by atoms with Gasteiger partial charge < -0.3 is 0 Å². The number of nitro benzene ring substituents is 1. The Kier molecular flexibility index (Phi) is 5.22. The maximum atomic E-state index is 13.6. The van der Waals surface area contributed by atoms with Gasteiger partial charge in [0.15, 0.2) is 0 Å². The van der Waals surface area contributed by atoms with E-state index in [1.54, 1.807) is 0 Å². The van der Waals surface area contributed by atoms with Crippen molar-refractivity contribution in [3.8, 4) is 0 Å². The molecule has 2 amide bonds. The van der Waals surface area contributed by atoms with E-state index in [1.165, 1.54) is 24.3 Å². The van der Waals surface area contributed by atoms with E-state index >= 15 is 0 Å². The molecule has 1 fully saturated rings. The smallest absolute Gasteiger partial charge is 0.269 e. The Hall–Kier alpha value is -4.26. The summed E-state index contributed by atoms with van der Waals surface area (Å²) in [6.45, 7) is 0. The van der Waals surface area contributed by atoms with Crippen molar-refractivity contribution in [2.75, 3.05) is 5.43 Å². The molecule has 1 N–H and O–H groups in total. The van der Waals surface area contributed by atoms with E-state index in [9.17, 15) is 19.7 Å². The number of imide groups is 1. The lowest BCUT2D eigenvalue weighted by Crippen LogP contribution is -2.37. The van der Waals surface area contributed by atoms with E-state index in [0.717, 1.165) is 16.1 Å². The largest absolute Gasteiger partial charge is 0.289 e. The van der Waals surface area contributed by atoms with Crippen molar-refractivity contribution in [2.24, 2.45) is 11.8 Å². The summed E-state index contributed by atoms with van der Waals surface area (Å²) in [5, 5.41) is 12.0. The standard InChI is InChI=1S/C26H21N3O4/c30-25-23-21(17-7-3-1-4-8-17)15-16-22(18-9-5-2-6-10-18)24(23)26(31)28(25)27-19-11-13-20(14-12-19)29(32)33/h1-16,21-24,27H/t21-,22+,23-,24-/m1/s1. The van der Waals surface area contributed by atoms with E-state index < -0.39 is 16.8 Å². The lowest BCUT2D eigenvalue weighted by atomic mass is 9.68. The first kappa shape index (κ1) is 20.6. The average molecular weight is 439 g/mol. The highest BCUT2D eigenvalue weighted by Crippen LogP contribution is 2.49. The number of rotatable bonds is 5. The van der Waals surface area contributed by atoms with Crippen LogP contribution in [0.1, 0.15) is 23.0 Å². The Balaban J connectivity index is 1.52. The van der Waals surface area contributed by atoms with Gasteiger partial charge in [0.2, 0.25) is 0 Å². The zero-order valence-corrected chi connectivity index (χ0v) is 17.6. The zero-order chi connectivity index (χ0) is 22.9. The first-order chi connectivity index (χ1) is 16.0. The van der Waals surface area contributed by atoms with Gasteiger partial charge in [-0.15, -0.1) is 0 Å². The number of allylic oxidation sites excluding steroid dienone is 2. The average Bonchev–Trinajstić information content (AvgIpc) is 3.10. The Morgan fingerprint density at radius 3 is 1.58 bits per heavy atom. The van der Waals surface area contributed by atoms with Crippen LogP contribution >= 0.6 is 0 Å². The summed E-state index contributed by atoms with van der Waals surface area (Å²) in [5.74, 6) is -2.17. The Bertz CT molecular complexity index is 1160. The number of nitrogens with zero attached hydrogens (tertiary/aromatic N) is 2. The van der Waals surface area contributed by atoms with Crippen molar-refractivity contribution >= 4 is 23.2 Å². The quantitative estimate of drug-likeness (QED) is 0.270. The molecule has 164 valence electrons. The van der Waals surface area contributed by atoms with Gasteiger partial charge in [0, 0.05) is 24.0 Å². The number of hydrogen-bond donors (Lipinski definition) is 1. The SMILES string of the molecule is O=C1[C@H]2[C@H](C(=O)N1Nc1ccc([N+](=O)[O-])cc1)[C@H](c1ccccc1)C=C[C@@H]2c1ccccc1. The fraction of sp³-hybridized carbons (Fsp3) is 0.154. The van der Waals surface area contributed by atoms with Gasteiger partial charge in [-0.25, -0.2) is 0 Å². The predicted molar refractivity (Wildman–Crippen MR) is 123 cm³/mol. The third-order valence-electron chi connectivity index (χ3n) is 6.39. The van der Waals surface area contributed by atoms with Crippen LogP contribution in [-0.2, 0) is 9.59 Å². The molecule has 7 nitrogen and oxygen atoms in total. The van der Waals surface area contributed by atoms with Gasteiger partial charge in [-0.3, -0.25) is 25.1 Å². The minimum atomic E-state index is -0.555. The molecule has 0 aromatic heterocycles. The van der Waals surface area contributed by atoms with E-state index in [1.807, 2.05) is 72.8 Å². The van der Waals surface area contributed by atoms with Crippen LogP contribution in [0.3, 0.4) is 0 Å².